The topological polar surface area (TPSA) is 55.6 Å². The van der Waals surface area contributed by atoms with E-state index in [9.17, 15) is 4.79 Å². The Morgan fingerprint density at radius 2 is 2.07 bits per heavy atom. The standard InChI is InChI=1S/C11H24N2O2/c1-6-13(7-9(2)3)8-11(4,12)10(14)15-5/h9H,6-8,12H2,1-5H3. The lowest BCUT2D eigenvalue weighted by Gasteiger charge is -2.30. The summed E-state index contributed by atoms with van der Waals surface area (Å²) in [5.41, 5.74) is 4.99. The molecule has 90 valence electrons. The van der Waals surface area contributed by atoms with Gasteiger partial charge in [0.05, 0.1) is 7.11 Å². The first-order valence-corrected chi connectivity index (χ1v) is 5.43. The maximum absolute atomic E-state index is 11.4. The molecule has 0 aromatic heterocycles. The summed E-state index contributed by atoms with van der Waals surface area (Å²) < 4.78 is 4.67. The number of methoxy groups -OCH3 is 1. The molecule has 0 spiro atoms. The van der Waals surface area contributed by atoms with E-state index in [2.05, 4.69) is 30.4 Å². The number of esters is 1. The molecule has 1 unspecified atom stereocenters. The van der Waals surface area contributed by atoms with Crippen molar-refractivity contribution >= 4 is 5.97 Å². The van der Waals surface area contributed by atoms with E-state index in [-0.39, 0.29) is 5.97 Å². The van der Waals surface area contributed by atoms with Crippen LogP contribution in [0.25, 0.3) is 0 Å². The van der Waals surface area contributed by atoms with E-state index in [0.717, 1.165) is 13.1 Å². The Labute approximate surface area is 92.8 Å². The van der Waals surface area contributed by atoms with Crippen LogP contribution < -0.4 is 5.73 Å². The first-order valence-electron chi connectivity index (χ1n) is 5.43. The number of nitrogens with zero attached hydrogens (tertiary/aromatic N) is 1. The number of ether oxygens (including phenoxy) is 1. The Morgan fingerprint density at radius 1 is 1.53 bits per heavy atom. The van der Waals surface area contributed by atoms with Crippen molar-refractivity contribution in [3.05, 3.63) is 0 Å². The molecule has 4 heteroatoms. The summed E-state index contributed by atoms with van der Waals surface area (Å²) >= 11 is 0. The molecule has 2 N–H and O–H groups in total. The maximum atomic E-state index is 11.4. The Balaban J connectivity index is 4.33. The van der Waals surface area contributed by atoms with Crippen molar-refractivity contribution in [2.75, 3.05) is 26.7 Å². The number of hydrogen-bond donors (Lipinski definition) is 1. The van der Waals surface area contributed by atoms with Gasteiger partial charge in [-0.1, -0.05) is 20.8 Å². The Kier molecular flexibility index (Phi) is 5.83. The molecule has 1 atom stereocenters. The Morgan fingerprint density at radius 3 is 2.40 bits per heavy atom. The Bertz CT molecular complexity index is 203. The minimum Gasteiger partial charge on any atom is -0.468 e. The van der Waals surface area contributed by atoms with Gasteiger partial charge in [-0.05, 0) is 19.4 Å². The first-order chi connectivity index (χ1) is 6.83. The fourth-order valence-corrected chi connectivity index (χ4v) is 1.58. The van der Waals surface area contributed by atoms with E-state index in [4.69, 9.17) is 5.73 Å². The monoisotopic (exact) mass is 216 g/mol. The largest absolute Gasteiger partial charge is 0.468 e. The average Bonchev–Trinajstić information content (AvgIpc) is 2.14. The number of hydrogen-bond acceptors (Lipinski definition) is 4. The number of rotatable bonds is 6. The van der Waals surface area contributed by atoms with Crippen molar-refractivity contribution in [3.63, 3.8) is 0 Å². The number of likely N-dealkylation sites (N-methyl/N-ethyl adjacent to an activating group) is 1. The molecule has 0 rings (SSSR count). The highest BCUT2D eigenvalue weighted by atomic mass is 16.5. The summed E-state index contributed by atoms with van der Waals surface area (Å²) in [6.07, 6.45) is 0. The third-order valence-corrected chi connectivity index (χ3v) is 2.27. The molecule has 0 saturated carbocycles. The van der Waals surface area contributed by atoms with E-state index in [1.807, 2.05) is 0 Å². The molecule has 0 radical (unpaired) electrons. The lowest BCUT2D eigenvalue weighted by atomic mass is 10.0. The zero-order valence-corrected chi connectivity index (χ0v) is 10.5. The van der Waals surface area contributed by atoms with E-state index in [1.54, 1.807) is 6.92 Å². The zero-order chi connectivity index (χ0) is 12.1. The minimum atomic E-state index is -0.917. The van der Waals surface area contributed by atoms with Gasteiger partial charge in [0.1, 0.15) is 5.54 Å². The second-order valence-corrected chi connectivity index (χ2v) is 4.63. The van der Waals surface area contributed by atoms with E-state index < -0.39 is 5.54 Å². The molecule has 15 heavy (non-hydrogen) atoms. The number of nitrogens with two attached hydrogens (primary N) is 1. The van der Waals surface area contributed by atoms with Gasteiger partial charge in [-0.15, -0.1) is 0 Å². The third-order valence-electron chi connectivity index (χ3n) is 2.27. The maximum Gasteiger partial charge on any atom is 0.326 e. The molecule has 0 fully saturated rings. The molecule has 0 saturated heterocycles. The van der Waals surface area contributed by atoms with Crippen LogP contribution in [0.3, 0.4) is 0 Å². The summed E-state index contributed by atoms with van der Waals surface area (Å²) in [5.74, 6) is 0.211. The Hall–Kier alpha value is -0.610. The van der Waals surface area contributed by atoms with Crippen molar-refractivity contribution in [1.82, 2.24) is 4.90 Å². The quantitative estimate of drug-likeness (QED) is 0.669. The van der Waals surface area contributed by atoms with Gasteiger partial charge in [0, 0.05) is 13.1 Å². The molecular weight excluding hydrogens is 192 g/mol. The van der Waals surface area contributed by atoms with Crippen molar-refractivity contribution in [2.24, 2.45) is 11.7 Å². The first kappa shape index (κ1) is 14.4. The summed E-state index contributed by atoms with van der Waals surface area (Å²) in [7, 11) is 1.37. The number of carbonyl (C=O) groups excluding carboxylic acids is 1. The van der Waals surface area contributed by atoms with Crippen LogP contribution in [0.5, 0.6) is 0 Å². The molecule has 0 aliphatic carbocycles. The van der Waals surface area contributed by atoms with Gasteiger partial charge in [-0.3, -0.25) is 4.79 Å². The second-order valence-electron chi connectivity index (χ2n) is 4.63. The predicted molar refractivity (Wildman–Crippen MR) is 61.6 cm³/mol. The van der Waals surface area contributed by atoms with Crippen molar-refractivity contribution in [3.8, 4) is 0 Å². The minimum absolute atomic E-state index is 0.357. The summed E-state index contributed by atoms with van der Waals surface area (Å²) in [4.78, 5) is 13.6. The normalized spacial score (nSPS) is 15.5. The van der Waals surface area contributed by atoms with Gasteiger partial charge in [0.25, 0.3) is 0 Å². The molecule has 0 aromatic rings. The number of carbonyl (C=O) groups is 1. The average molecular weight is 216 g/mol. The van der Waals surface area contributed by atoms with Gasteiger partial charge in [-0.2, -0.15) is 0 Å². The molecule has 0 amide bonds. The lowest BCUT2D eigenvalue weighted by Crippen LogP contribution is -2.54. The smallest absolute Gasteiger partial charge is 0.326 e. The lowest BCUT2D eigenvalue weighted by molar-refractivity contribution is -0.147. The highest BCUT2D eigenvalue weighted by Gasteiger charge is 2.31. The van der Waals surface area contributed by atoms with Crippen molar-refractivity contribution in [1.29, 1.82) is 0 Å². The van der Waals surface area contributed by atoms with Crippen LogP contribution in [0.4, 0.5) is 0 Å². The molecule has 4 nitrogen and oxygen atoms in total. The molecule has 0 aromatic carbocycles. The van der Waals surface area contributed by atoms with Crippen LogP contribution in [-0.4, -0.2) is 43.2 Å². The van der Waals surface area contributed by atoms with E-state index >= 15 is 0 Å². The van der Waals surface area contributed by atoms with Gasteiger partial charge in [0.2, 0.25) is 0 Å². The van der Waals surface area contributed by atoms with Crippen molar-refractivity contribution < 1.29 is 9.53 Å². The molecule has 0 aliphatic rings. The SMILES string of the molecule is CCN(CC(C)C)CC(C)(N)C(=O)OC. The summed E-state index contributed by atoms with van der Waals surface area (Å²) in [6, 6.07) is 0. The molecule has 0 bridgehead atoms. The predicted octanol–water partition coefficient (Wildman–Crippen LogP) is 0.855. The molecule has 0 heterocycles. The van der Waals surface area contributed by atoms with Crippen molar-refractivity contribution in [2.45, 2.75) is 33.2 Å². The van der Waals surface area contributed by atoms with Gasteiger partial charge < -0.3 is 15.4 Å². The van der Waals surface area contributed by atoms with E-state index in [1.165, 1.54) is 7.11 Å². The highest BCUT2D eigenvalue weighted by molar-refractivity contribution is 5.80. The van der Waals surface area contributed by atoms with Crippen LogP contribution in [-0.2, 0) is 9.53 Å². The summed E-state index contributed by atoms with van der Waals surface area (Å²) in [6.45, 7) is 10.4. The van der Waals surface area contributed by atoms with Crippen LogP contribution in [0.1, 0.15) is 27.7 Å². The highest BCUT2D eigenvalue weighted by Crippen LogP contribution is 2.07. The van der Waals surface area contributed by atoms with Gasteiger partial charge >= 0.3 is 5.97 Å². The van der Waals surface area contributed by atoms with Crippen LogP contribution in [0.15, 0.2) is 0 Å². The van der Waals surface area contributed by atoms with Gasteiger partial charge in [-0.25, -0.2) is 0 Å². The van der Waals surface area contributed by atoms with E-state index in [0.29, 0.717) is 12.5 Å². The van der Waals surface area contributed by atoms with Gasteiger partial charge in [0.15, 0.2) is 0 Å². The fourth-order valence-electron chi connectivity index (χ4n) is 1.58. The second kappa shape index (κ2) is 6.08. The fraction of sp³-hybridized carbons (Fsp3) is 0.909. The van der Waals surface area contributed by atoms with Crippen LogP contribution >= 0.6 is 0 Å². The zero-order valence-electron chi connectivity index (χ0n) is 10.5. The molecule has 0 aliphatic heterocycles. The summed E-state index contributed by atoms with van der Waals surface area (Å²) in [5, 5.41) is 0. The third kappa shape index (κ3) is 5.14. The molecular formula is C11H24N2O2. The van der Waals surface area contributed by atoms with Crippen LogP contribution in [0.2, 0.25) is 0 Å². The van der Waals surface area contributed by atoms with Crippen LogP contribution in [0, 0.1) is 5.92 Å².